The number of carbonyl (C=O) groups is 1. The molecule has 0 saturated carbocycles. The van der Waals surface area contributed by atoms with Gasteiger partial charge in [-0.25, -0.2) is 4.79 Å². The summed E-state index contributed by atoms with van der Waals surface area (Å²) < 4.78 is 22.2. The van der Waals surface area contributed by atoms with Crippen LogP contribution < -0.4 is 4.74 Å². The van der Waals surface area contributed by atoms with Crippen molar-refractivity contribution in [3.05, 3.63) is 76.7 Å². The molecule has 31 heavy (non-hydrogen) atoms. The highest BCUT2D eigenvalue weighted by atomic mass is 32.1. The average molecular weight is 439 g/mol. The second-order valence-electron chi connectivity index (χ2n) is 7.50. The predicted octanol–water partition coefficient (Wildman–Crippen LogP) is 5.11. The van der Waals surface area contributed by atoms with Gasteiger partial charge in [0.2, 0.25) is 0 Å². The molecule has 6 heteroatoms. The Kier molecular flexibility index (Phi) is 6.70. The predicted molar refractivity (Wildman–Crippen MR) is 120 cm³/mol. The van der Waals surface area contributed by atoms with E-state index in [1.54, 1.807) is 18.3 Å². The maximum absolute atomic E-state index is 11.6. The highest BCUT2D eigenvalue weighted by molar-refractivity contribution is 7.15. The molecule has 0 atom stereocenters. The van der Waals surface area contributed by atoms with E-state index in [9.17, 15) is 4.79 Å². The van der Waals surface area contributed by atoms with Gasteiger partial charge in [0.1, 0.15) is 24.6 Å². The third-order valence-electron chi connectivity index (χ3n) is 5.18. The number of hydrogen-bond acceptors (Lipinski definition) is 6. The number of thiophene rings is 1. The Labute approximate surface area is 186 Å². The maximum atomic E-state index is 11.6. The number of benzene rings is 2. The molecule has 0 unspecified atom stereocenters. The summed E-state index contributed by atoms with van der Waals surface area (Å²) in [6.45, 7) is 5.47. The highest BCUT2D eigenvalue weighted by Gasteiger charge is 2.42. The van der Waals surface area contributed by atoms with Gasteiger partial charge < -0.3 is 18.9 Å². The van der Waals surface area contributed by atoms with Crippen LogP contribution in [0.5, 0.6) is 5.75 Å². The number of rotatable bonds is 9. The fraction of sp³-hybridized carbons (Fsp3) is 0.320. The van der Waals surface area contributed by atoms with E-state index < -0.39 is 5.60 Å². The second-order valence-corrected chi connectivity index (χ2v) is 8.79. The lowest BCUT2D eigenvalue weighted by molar-refractivity contribution is -0.221. The molecule has 0 aliphatic carbocycles. The van der Waals surface area contributed by atoms with Gasteiger partial charge in [0.05, 0.1) is 19.8 Å². The van der Waals surface area contributed by atoms with Crippen molar-refractivity contribution in [1.29, 1.82) is 0 Å². The quantitative estimate of drug-likeness (QED) is 0.435. The molecule has 2 heterocycles. The van der Waals surface area contributed by atoms with E-state index in [-0.39, 0.29) is 12.6 Å². The first-order valence-corrected chi connectivity index (χ1v) is 11.2. The van der Waals surface area contributed by atoms with E-state index in [0.717, 1.165) is 16.9 Å². The standard InChI is InChI=1S/C25H26O5S/c1-3-28-24(26)15-30-25(16-27-17-25)21-8-10-22(11-9-21)29-14-19-5-4-6-20(13-19)23-12-7-18(2)31-23/h4-13H,3,14-17H2,1-2H3. The first-order valence-electron chi connectivity index (χ1n) is 10.3. The third-order valence-corrected chi connectivity index (χ3v) is 6.23. The number of ether oxygens (including phenoxy) is 4. The lowest BCUT2D eigenvalue weighted by Gasteiger charge is -2.41. The van der Waals surface area contributed by atoms with Crippen molar-refractivity contribution in [2.75, 3.05) is 26.4 Å². The van der Waals surface area contributed by atoms with Crippen molar-refractivity contribution in [2.24, 2.45) is 0 Å². The summed E-state index contributed by atoms with van der Waals surface area (Å²) in [6, 6.07) is 20.5. The second kappa shape index (κ2) is 9.64. The van der Waals surface area contributed by atoms with Crippen LogP contribution in [-0.4, -0.2) is 32.4 Å². The summed E-state index contributed by atoms with van der Waals surface area (Å²) in [7, 11) is 0. The monoisotopic (exact) mass is 438 g/mol. The van der Waals surface area contributed by atoms with Crippen molar-refractivity contribution in [3.8, 4) is 16.2 Å². The molecule has 1 fully saturated rings. The first kappa shape index (κ1) is 21.6. The lowest BCUT2D eigenvalue weighted by atomic mass is 9.91. The van der Waals surface area contributed by atoms with E-state index in [0.29, 0.717) is 26.4 Å². The zero-order valence-electron chi connectivity index (χ0n) is 17.8. The van der Waals surface area contributed by atoms with Crippen LogP contribution in [0, 0.1) is 6.92 Å². The molecule has 1 aliphatic rings. The first-order chi connectivity index (χ1) is 15.1. The van der Waals surface area contributed by atoms with Gasteiger partial charge >= 0.3 is 5.97 Å². The van der Waals surface area contributed by atoms with Crippen molar-refractivity contribution >= 4 is 17.3 Å². The molecule has 1 aromatic heterocycles. The fourth-order valence-electron chi connectivity index (χ4n) is 3.45. The van der Waals surface area contributed by atoms with E-state index in [4.69, 9.17) is 18.9 Å². The van der Waals surface area contributed by atoms with Gasteiger partial charge in [-0.1, -0.05) is 30.3 Å². The summed E-state index contributed by atoms with van der Waals surface area (Å²) in [6.07, 6.45) is 0. The van der Waals surface area contributed by atoms with Gasteiger partial charge in [0, 0.05) is 9.75 Å². The third kappa shape index (κ3) is 5.15. The molecule has 0 bridgehead atoms. The van der Waals surface area contributed by atoms with Gasteiger partial charge in [0.15, 0.2) is 0 Å². The molecule has 1 aliphatic heterocycles. The fourth-order valence-corrected chi connectivity index (χ4v) is 4.31. The number of hydrogen-bond donors (Lipinski definition) is 0. The van der Waals surface area contributed by atoms with Crippen molar-refractivity contribution in [2.45, 2.75) is 26.1 Å². The molecule has 2 aromatic carbocycles. The normalized spacial score (nSPS) is 14.6. The Balaban J connectivity index is 1.37. The minimum absolute atomic E-state index is 0.0877. The molecule has 0 spiro atoms. The Morgan fingerprint density at radius 1 is 1.10 bits per heavy atom. The van der Waals surface area contributed by atoms with Gasteiger partial charge in [-0.3, -0.25) is 0 Å². The Morgan fingerprint density at radius 2 is 1.90 bits per heavy atom. The molecule has 3 aromatic rings. The zero-order valence-corrected chi connectivity index (χ0v) is 18.6. The molecule has 4 rings (SSSR count). The van der Waals surface area contributed by atoms with Crippen LogP contribution in [0.15, 0.2) is 60.7 Å². The van der Waals surface area contributed by atoms with Crippen LogP contribution in [0.2, 0.25) is 0 Å². The van der Waals surface area contributed by atoms with E-state index in [1.165, 1.54) is 15.3 Å². The van der Waals surface area contributed by atoms with E-state index in [1.807, 2.05) is 24.3 Å². The number of aryl methyl sites for hydroxylation is 1. The summed E-state index contributed by atoms with van der Waals surface area (Å²) >= 11 is 1.79. The van der Waals surface area contributed by atoms with Crippen LogP contribution in [0.4, 0.5) is 0 Å². The SMILES string of the molecule is CCOC(=O)COC1(c2ccc(OCc3cccc(-c4ccc(C)s4)c3)cc2)COC1. The average Bonchev–Trinajstić information content (AvgIpc) is 3.19. The van der Waals surface area contributed by atoms with Crippen LogP contribution in [-0.2, 0) is 31.2 Å². The van der Waals surface area contributed by atoms with E-state index >= 15 is 0 Å². The largest absolute Gasteiger partial charge is 0.489 e. The highest BCUT2D eigenvalue weighted by Crippen LogP contribution is 2.35. The zero-order chi connectivity index (χ0) is 21.7. The molecule has 0 radical (unpaired) electrons. The van der Waals surface area contributed by atoms with Crippen molar-refractivity contribution in [3.63, 3.8) is 0 Å². The van der Waals surface area contributed by atoms with Gasteiger partial charge in [-0.15, -0.1) is 11.3 Å². The minimum Gasteiger partial charge on any atom is -0.489 e. The summed E-state index contributed by atoms with van der Waals surface area (Å²) in [5, 5.41) is 0. The molecule has 1 saturated heterocycles. The minimum atomic E-state index is -0.599. The maximum Gasteiger partial charge on any atom is 0.332 e. The van der Waals surface area contributed by atoms with E-state index in [2.05, 4.69) is 43.3 Å². The van der Waals surface area contributed by atoms with Crippen LogP contribution in [0.25, 0.3) is 10.4 Å². The van der Waals surface area contributed by atoms with Crippen LogP contribution in [0.3, 0.4) is 0 Å². The molecule has 0 amide bonds. The summed E-state index contributed by atoms with van der Waals surface area (Å²) in [5.41, 5.74) is 2.69. The summed E-state index contributed by atoms with van der Waals surface area (Å²) in [4.78, 5) is 14.2. The van der Waals surface area contributed by atoms with Gasteiger partial charge in [-0.2, -0.15) is 0 Å². The van der Waals surface area contributed by atoms with Crippen molar-refractivity contribution in [1.82, 2.24) is 0 Å². The lowest BCUT2D eigenvalue weighted by Crippen LogP contribution is -2.49. The molecule has 5 nitrogen and oxygen atoms in total. The smallest absolute Gasteiger partial charge is 0.332 e. The Bertz CT molecular complexity index is 1020. The summed E-state index contributed by atoms with van der Waals surface area (Å²) in [5.74, 6) is 0.413. The van der Waals surface area contributed by atoms with Crippen molar-refractivity contribution < 1.29 is 23.7 Å². The van der Waals surface area contributed by atoms with Crippen LogP contribution >= 0.6 is 11.3 Å². The van der Waals surface area contributed by atoms with Crippen LogP contribution in [0.1, 0.15) is 22.9 Å². The molecule has 0 N–H and O–H groups in total. The molecular formula is C25H26O5S. The van der Waals surface area contributed by atoms with Gasteiger partial charge in [-0.05, 0) is 60.9 Å². The Morgan fingerprint density at radius 3 is 2.55 bits per heavy atom. The molecule has 162 valence electrons. The van der Waals surface area contributed by atoms with Gasteiger partial charge in [0.25, 0.3) is 0 Å². The molecular weight excluding hydrogens is 412 g/mol. The Hall–Kier alpha value is -2.67. The topological polar surface area (TPSA) is 54.0 Å². The number of esters is 1. The number of carbonyl (C=O) groups excluding carboxylic acids is 1.